The van der Waals surface area contributed by atoms with Crippen LogP contribution in [0.15, 0.2) is 107 Å². The Morgan fingerprint density at radius 2 is 0.750 bits per heavy atom. The number of rotatable bonds is 10. The smallest absolute Gasteiger partial charge is 0.405 e. The van der Waals surface area contributed by atoms with E-state index in [9.17, 15) is 0 Å². The molecule has 2 heterocycles. The number of tetrazole rings is 2. The van der Waals surface area contributed by atoms with Crippen molar-refractivity contribution in [3.8, 4) is 45.7 Å². The average Bonchev–Trinajstić information content (AvgIpc) is 3.72. The van der Waals surface area contributed by atoms with Crippen LogP contribution in [0.25, 0.3) is 22.7 Å². The van der Waals surface area contributed by atoms with Crippen LogP contribution in [0.5, 0.6) is 23.0 Å². The number of aromatic nitrogens is 8. The Labute approximate surface area is 251 Å². The molecule has 0 aliphatic carbocycles. The highest BCUT2D eigenvalue weighted by Crippen LogP contribution is 2.22. The molecule has 14 heteroatoms. The molecule has 0 spiro atoms. The normalized spacial score (nSPS) is 11.1. The molecule has 0 aliphatic rings. The van der Waals surface area contributed by atoms with Crippen molar-refractivity contribution in [2.24, 2.45) is 10.2 Å². The van der Waals surface area contributed by atoms with E-state index in [0.717, 1.165) is 0 Å². The first-order chi connectivity index (χ1) is 21.6. The third kappa shape index (κ3) is 5.76. The third-order valence-corrected chi connectivity index (χ3v) is 6.57. The van der Waals surface area contributed by atoms with Crippen molar-refractivity contribution in [2.45, 2.75) is 0 Å². The zero-order chi connectivity index (χ0) is 30.5. The molecule has 220 valence electrons. The van der Waals surface area contributed by atoms with Crippen molar-refractivity contribution in [1.82, 2.24) is 30.0 Å². The fraction of sp³-hybridized carbons (Fsp3) is 0.133. The van der Waals surface area contributed by atoms with Crippen molar-refractivity contribution in [1.29, 1.82) is 0 Å². The zero-order valence-corrected chi connectivity index (χ0v) is 24.3. The van der Waals surface area contributed by atoms with Gasteiger partial charge in [-0.15, -0.1) is 0 Å². The van der Waals surface area contributed by atoms with Gasteiger partial charge in [-0.3, -0.25) is 0 Å². The van der Waals surface area contributed by atoms with Crippen molar-refractivity contribution in [3.05, 3.63) is 97.1 Å². The topological polar surface area (TPSA) is 131 Å². The van der Waals surface area contributed by atoms with Crippen molar-refractivity contribution in [3.63, 3.8) is 0 Å². The first-order valence-electron chi connectivity index (χ1n) is 13.4. The summed E-state index contributed by atoms with van der Waals surface area (Å²) in [5, 5.41) is 27.5. The van der Waals surface area contributed by atoms with Crippen molar-refractivity contribution in [2.75, 3.05) is 28.4 Å². The maximum atomic E-state index is 5.32. The Morgan fingerprint density at radius 3 is 1.05 bits per heavy atom. The number of methoxy groups -OCH3 is 4. The summed E-state index contributed by atoms with van der Waals surface area (Å²) in [4.78, 5) is 2.92. The molecule has 0 saturated heterocycles. The number of hydrogen-bond donors (Lipinski definition) is 0. The van der Waals surface area contributed by atoms with Gasteiger partial charge in [0.25, 0.3) is 0 Å². The van der Waals surface area contributed by atoms with Crippen LogP contribution >= 0.6 is 0 Å². The molecular weight excluding hydrogens is 564 g/mol. The molecule has 0 N–H and O–H groups in total. The number of benzene rings is 4. The highest BCUT2D eigenvalue weighted by atomic mass is 16.5. The number of azo groups is 1. The van der Waals surface area contributed by atoms with Crippen LogP contribution in [0.2, 0.25) is 0 Å². The van der Waals surface area contributed by atoms with Gasteiger partial charge in [-0.05, 0) is 97.1 Å². The lowest BCUT2D eigenvalue weighted by molar-refractivity contribution is -0.717. The molecule has 0 radical (unpaired) electrons. The van der Waals surface area contributed by atoms with Crippen LogP contribution in [-0.4, -0.2) is 58.4 Å². The van der Waals surface area contributed by atoms with Gasteiger partial charge in [-0.25, -0.2) is 0 Å². The Morgan fingerprint density at radius 1 is 0.455 bits per heavy atom. The second-order valence-electron chi connectivity index (χ2n) is 9.17. The summed E-state index contributed by atoms with van der Waals surface area (Å²) < 4.78 is 24.3. The van der Waals surface area contributed by atoms with Gasteiger partial charge in [0.1, 0.15) is 33.4 Å². The number of ether oxygens (including phenoxy) is 4. The van der Waals surface area contributed by atoms with Gasteiger partial charge in [0.2, 0.25) is 0 Å². The van der Waals surface area contributed by atoms with Crippen molar-refractivity contribution < 1.29 is 28.5 Å². The number of nitrogens with zero attached hydrogens (tertiary/aromatic N) is 10. The summed E-state index contributed by atoms with van der Waals surface area (Å²) in [6.45, 7) is 0. The first-order valence-corrected chi connectivity index (χ1v) is 13.4. The maximum Gasteiger partial charge on any atom is 0.405 e. The summed E-state index contributed by atoms with van der Waals surface area (Å²) in [6.07, 6.45) is 0. The minimum absolute atomic E-state index is 0.200. The van der Waals surface area contributed by atoms with Gasteiger partial charge in [-0.2, -0.15) is 0 Å². The van der Waals surface area contributed by atoms with E-state index in [1.165, 1.54) is 9.59 Å². The van der Waals surface area contributed by atoms with E-state index < -0.39 is 0 Å². The molecule has 44 heavy (non-hydrogen) atoms. The molecule has 4 aromatic carbocycles. The third-order valence-electron chi connectivity index (χ3n) is 6.57. The standard InChI is InChI=1S/C30H28N10O4/c1-41-25-13-5-21(6-14-25)37-29(33-39(35-37)23-9-17-27(43-3)18-10-23)31-32-30-34-40(24-11-19-28(44-4)20-12-24)36-38(30)22-7-15-26(42-2)16-8-22/h5-20H,1-4H3/q+2/b32-31+. The molecule has 6 aromatic rings. The lowest BCUT2D eigenvalue weighted by Gasteiger charge is -1.99. The fourth-order valence-electron chi connectivity index (χ4n) is 4.19. The lowest BCUT2D eigenvalue weighted by atomic mass is 10.3. The molecule has 6 rings (SSSR count). The fourth-order valence-corrected chi connectivity index (χ4v) is 4.19. The molecule has 0 aliphatic heterocycles. The van der Waals surface area contributed by atoms with Gasteiger partial charge in [-0.1, -0.05) is 19.6 Å². The molecule has 0 unspecified atom stereocenters. The van der Waals surface area contributed by atoms with E-state index >= 15 is 0 Å². The molecule has 14 nitrogen and oxygen atoms in total. The summed E-state index contributed by atoms with van der Waals surface area (Å²) in [5.41, 5.74) is 2.80. The van der Waals surface area contributed by atoms with E-state index in [0.29, 0.717) is 45.7 Å². The van der Waals surface area contributed by atoms with Crippen LogP contribution in [0.4, 0.5) is 11.9 Å². The Kier molecular flexibility index (Phi) is 7.86. The Bertz CT molecular complexity index is 1740. The van der Waals surface area contributed by atoms with E-state index in [-0.39, 0.29) is 11.9 Å². The molecular formula is C30H28N10O4+2. The monoisotopic (exact) mass is 592 g/mol. The Hall–Kier alpha value is -6.18. The maximum absolute atomic E-state index is 5.32. The largest absolute Gasteiger partial charge is 0.497 e. The van der Waals surface area contributed by atoms with Crippen molar-refractivity contribution >= 4 is 11.9 Å². The summed E-state index contributed by atoms with van der Waals surface area (Å²) in [7, 11) is 6.44. The highest BCUT2D eigenvalue weighted by molar-refractivity contribution is 5.42. The molecule has 2 aromatic heterocycles. The van der Waals surface area contributed by atoms with Gasteiger partial charge < -0.3 is 18.9 Å². The van der Waals surface area contributed by atoms with Crippen LogP contribution in [0, 0.1) is 0 Å². The molecule has 0 saturated carbocycles. The second-order valence-corrected chi connectivity index (χ2v) is 9.17. The second kappa shape index (κ2) is 12.4. The van der Waals surface area contributed by atoms with E-state index in [1.54, 1.807) is 37.8 Å². The van der Waals surface area contributed by atoms with Crippen LogP contribution < -0.4 is 28.5 Å². The molecule has 0 fully saturated rings. The van der Waals surface area contributed by atoms with E-state index in [2.05, 4.69) is 30.9 Å². The zero-order valence-electron chi connectivity index (χ0n) is 24.3. The summed E-state index contributed by atoms with van der Waals surface area (Å²) >= 11 is 0. The SMILES string of the molecule is COc1ccc(-n2n[n+](-c3ccc(OC)cc3)nc2/N=N/c2n[n+](-c3ccc(OC)cc3)nn2-c2ccc(OC)cc2)cc1. The quantitative estimate of drug-likeness (QED) is 0.173. The molecule has 0 amide bonds. The van der Waals surface area contributed by atoms with Crippen LogP contribution in [-0.2, 0) is 0 Å². The first kappa shape index (κ1) is 28.0. The lowest BCUT2D eigenvalue weighted by Crippen LogP contribution is -2.36. The molecule has 0 atom stereocenters. The van der Waals surface area contributed by atoms with Gasteiger partial charge in [0.05, 0.1) is 28.4 Å². The highest BCUT2D eigenvalue weighted by Gasteiger charge is 2.25. The predicted octanol–water partition coefficient (Wildman–Crippen LogP) is 3.85. The minimum atomic E-state index is 0.200. The van der Waals surface area contributed by atoms with E-state index in [4.69, 9.17) is 18.9 Å². The summed E-state index contributed by atoms with van der Waals surface area (Å²) in [6, 6.07) is 29.4. The van der Waals surface area contributed by atoms with Gasteiger partial charge >= 0.3 is 11.9 Å². The molecule has 0 bridgehead atoms. The summed E-state index contributed by atoms with van der Waals surface area (Å²) in [5.74, 6) is 3.24. The van der Waals surface area contributed by atoms with Crippen LogP contribution in [0.3, 0.4) is 0 Å². The van der Waals surface area contributed by atoms with Gasteiger partial charge in [0, 0.05) is 19.8 Å². The average molecular weight is 593 g/mol. The number of hydrogen-bond acceptors (Lipinski definition) is 10. The predicted molar refractivity (Wildman–Crippen MR) is 156 cm³/mol. The minimum Gasteiger partial charge on any atom is -0.497 e. The van der Waals surface area contributed by atoms with Gasteiger partial charge in [0.15, 0.2) is 22.7 Å². The van der Waals surface area contributed by atoms with Crippen LogP contribution in [0.1, 0.15) is 0 Å². The Balaban J connectivity index is 1.44. The van der Waals surface area contributed by atoms with E-state index in [1.807, 2.05) is 97.1 Å².